The highest BCUT2D eigenvalue weighted by Gasteiger charge is 2.39. The third-order valence-corrected chi connectivity index (χ3v) is 6.56. The molecular weight excluding hydrogens is 347 g/mol. The number of hydrogen-bond donors (Lipinski definition) is 2. The van der Waals surface area contributed by atoms with E-state index in [2.05, 4.69) is 9.71 Å². The van der Waals surface area contributed by atoms with Crippen LogP contribution >= 0.6 is 11.6 Å². The summed E-state index contributed by atoms with van der Waals surface area (Å²) in [5.74, 6) is -1.06. The largest absolute Gasteiger partial charge is 0.380 e. The van der Waals surface area contributed by atoms with Crippen LogP contribution in [0.4, 0.5) is 4.39 Å². The molecule has 9 heteroatoms. The molecule has 2 atom stereocenters. The van der Waals surface area contributed by atoms with Gasteiger partial charge in [0.2, 0.25) is 15.5 Å². The SMILES string of the molecule is O=c1c(Cl)c[nH]c(C[C@H]2CCOC[C@@H]2NS(=O)(=O)C2CC2)c1F. The first-order chi connectivity index (χ1) is 10.9. The minimum Gasteiger partial charge on any atom is -0.380 e. The van der Waals surface area contributed by atoms with Gasteiger partial charge in [-0.3, -0.25) is 4.79 Å². The molecule has 3 rings (SSSR count). The van der Waals surface area contributed by atoms with Gasteiger partial charge in [0.15, 0.2) is 5.82 Å². The number of ether oxygens (including phenoxy) is 1. The van der Waals surface area contributed by atoms with Crippen LogP contribution in [0, 0.1) is 11.7 Å². The molecule has 1 aromatic rings. The van der Waals surface area contributed by atoms with Crippen LogP contribution in [0.3, 0.4) is 0 Å². The monoisotopic (exact) mass is 364 g/mol. The van der Waals surface area contributed by atoms with Crippen LogP contribution in [0.15, 0.2) is 11.0 Å². The van der Waals surface area contributed by atoms with Gasteiger partial charge in [0.1, 0.15) is 5.02 Å². The molecular formula is C14H18ClFN2O4S. The Labute approximate surface area is 138 Å². The number of rotatable bonds is 5. The van der Waals surface area contributed by atoms with Gasteiger partial charge in [-0.15, -0.1) is 0 Å². The molecule has 0 spiro atoms. The highest BCUT2D eigenvalue weighted by molar-refractivity contribution is 7.90. The summed E-state index contributed by atoms with van der Waals surface area (Å²) in [6, 6.07) is -0.423. The second-order valence-electron chi connectivity index (χ2n) is 6.05. The Balaban J connectivity index is 1.77. The third kappa shape index (κ3) is 3.76. The van der Waals surface area contributed by atoms with Crippen LogP contribution in [0.1, 0.15) is 25.0 Å². The number of aromatic amines is 1. The van der Waals surface area contributed by atoms with E-state index in [9.17, 15) is 17.6 Å². The molecule has 128 valence electrons. The van der Waals surface area contributed by atoms with Crippen LogP contribution in [0.2, 0.25) is 5.02 Å². The smallest absolute Gasteiger partial charge is 0.235 e. The van der Waals surface area contributed by atoms with Crippen LogP contribution in [-0.4, -0.2) is 37.9 Å². The number of H-pyrrole nitrogens is 1. The van der Waals surface area contributed by atoms with E-state index in [1.54, 1.807) is 0 Å². The Hall–Kier alpha value is -0.960. The fraction of sp³-hybridized carbons (Fsp3) is 0.643. The molecule has 1 aromatic heterocycles. The zero-order valence-corrected chi connectivity index (χ0v) is 13.9. The Bertz CT molecular complexity index is 748. The average Bonchev–Trinajstić information content (AvgIpc) is 3.35. The van der Waals surface area contributed by atoms with Crippen LogP contribution in [0.25, 0.3) is 0 Å². The van der Waals surface area contributed by atoms with Crippen molar-refractivity contribution in [3.63, 3.8) is 0 Å². The van der Waals surface area contributed by atoms with Crippen molar-refractivity contribution in [2.24, 2.45) is 5.92 Å². The maximum Gasteiger partial charge on any atom is 0.235 e. The molecule has 1 aliphatic heterocycles. The van der Waals surface area contributed by atoms with Gasteiger partial charge in [-0.1, -0.05) is 11.6 Å². The quantitative estimate of drug-likeness (QED) is 0.821. The second kappa shape index (κ2) is 6.51. The summed E-state index contributed by atoms with van der Waals surface area (Å²) in [5.41, 5.74) is -0.704. The van der Waals surface area contributed by atoms with E-state index in [0.717, 1.165) is 0 Å². The van der Waals surface area contributed by atoms with Gasteiger partial charge in [-0.2, -0.15) is 0 Å². The molecule has 1 saturated carbocycles. The van der Waals surface area contributed by atoms with Crippen molar-refractivity contribution < 1.29 is 17.5 Å². The maximum absolute atomic E-state index is 14.0. The van der Waals surface area contributed by atoms with E-state index in [-0.39, 0.29) is 34.9 Å². The van der Waals surface area contributed by atoms with E-state index in [1.807, 2.05) is 0 Å². The molecule has 2 N–H and O–H groups in total. The molecule has 2 fully saturated rings. The first kappa shape index (κ1) is 16.9. The number of aromatic nitrogens is 1. The molecule has 0 bridgehead atoms. The molecule has 2 heterocycles. The van der Waals surface area contributed by atoms with E-state index >= 15 is 0 Å². The zero-order chi connectivity index (χ0) is 16.6. The lowest BCUT2D eigenvalue weighted by molar-refractivity contribution is 0.0432. The number of hydrogen-bond acceptors (Lipinski definition) is 4. The summed E-state index contributed by atoms with van der Waals surface area (Å²) in [6.45, 7) is 0.724. The first-order valence-electron chi connectivity index (χ1n) is 7.53. The molecule has 0 amide bonds. The maximum atomic E-state index is 14.0. The molecule has 0 aromatic carbocycles. The van der Waals surface area contributed by atoms with Crippen molar-refractivity contribution in [3.8, 4) is 0 Å². The molecule has 6 nitrogen and oxygen atoms in total. The van der Waals surface area contributed by atoms with Gasteiger partial charge in [0, 0.05) is 18.8 Å². The standard InChI is InChI=1S/C14H18ClFN2O4S/c15-10-6-17-11(13(16)14(10)19)5-8-3-4-22-7-12(8)18-23(20,21)9-1-2-9/h6,8-9,12,18H,1-5,7H2,(H,17,19)/t8-,12+/m1/s1. The highest BCUT2D eigenvalue weighted by Crippen LogP contribution is 2.29. The highest BCUT2D eigenvalue weighted by atomic mass is 35.5. The molecule has 0 unspecified atom stereocenters. The van der Waals surface area contributed by atoms with Gasteiger partial charge < -0.3 is 9.72 Å². The Morgan fingerprint density at radius 1 is 1.39 bits per heavy atom. The summed E-state index contributed by atoms with van der Waals surface area (Å²) < 4.78 is 46.3. The minimum atomic E-state index is -3.35. The molecule has 2 aliphatic rings. The second-order valence-corrected chi connectivity index (χ2v) is 8.45. The minimum absolute atomic E-state index is 0.141. The number of halogens is 2. The van der Waals surface area contributed by atoms with E-state index in [4.69, 9.17) is 16.3 Å². The van der Waals surface area contributed by atoms with Crippen molar-refractivity contribution in [1.29, 1.82) is 0 Å². The lowest BCUT2D eigenvalue weighted by atomic mass is 9.90. The third-order valence-electron chi connectivity index (χ3n) is 4.30. The van der Waals surface area contributed by atoms with Crippen molar-refractivity contribution in [1.82, 2.24) is 9.71 Å². The Morgan fingerprint density at radius 3 is 2.83 bits per heavy atom. The van der Waals surface area contributed by atoms with Crippen molar-refractivity contribution in [2.75, 3.05) is 13.2 Å². The van der Waals surface area contributed by atoms with Crippen molar-refractivity contribution in [2.45, 2.75) is 37.0 Å². The normalized spacial score (nSPS) is 25.5. The van der Waals surface area contributed by atoms with Gasteiger partial charge in [-0.25, -0.2) is 17.5 Å². The molecule has 23 heavy (non-hydrogen) atoms. The average molecular weight is 365 g/mol. The molecule has 1 saturated heterocycles. The zero-order valence-electron chi connectivity index (χ0n) is 12.3. The van der Waals surface area contributed by atoms with E-state index in [0.29, 0.717) is 25.9 Å². The van der Waals surface area contributed by atoms with Crippen molar-refractivity contribution in [3.05, 3.63) is 33.0 Å². The number of pyridine rings is 1. The van der Waals surface area contributed by atoms with Gasteiger partial charge in [0.25, 0.3) is 0 Å². The fourth-order valence-electron chi connectivity index (χ4n) is 2.77. The van der Waals surface area contributed by atoms with Gasteiger partial charge >= 0.3 is 0 Å². The Morgan fingerprint density at radius 2 is 2.13 bits per heavy atom. The predicted molar refractivity (Wildman–Crippen MR) is 83.5 cm³/mol. The summed E-state index contributed by atoms with van der Waals surface area (Å²) in [7, 11) is -3.35. The number of sulfonamides is 1. The molecule has 1 aliphatic carbocycles. The molecule has 0 radical (unpaired) electrons. The fourth-order valence-corrected chi connectivity index (χ4v) is 4.54. The van der Waals surface area contributed by atoms with Gasteiger partial charge in [-0.05, 0) is 31.6 Å². The lowest BCUT2D eigenvalue weighted by Crippen LogP contribution is -2.48. The number of nitrogens with one attached hydrogen (secondary N) is 2. The van der Waals surface area contributed by atoms with Crippen LogP contribution in [0.5, 0.6) is 0 Å². The Kier molecular flexibility index (Phi) is 4.78. The predicted octanol–water partition coefficient (Wildman–Crippen LogP) is 1.20. The van der Waals surface area contributed by atoms with Gasteiger partial charge in [0.05, 0.1) is 17.6 Å². The topological polar surface area (TPSA) is 88.3 Å². The summed E-state index contributed by atoms with van der Waals surface area (Å²) in [6.07, 6.45) is 3.41. The van der Waals surface area contributed by atoms with Crippen LogP contribution in [-0.2, 0) is 21.2 Å². The summed E-state index contributed by atoms with van der Waals surface area (Å²) in [5, 5.41) is -0.527. The van der Waals surface area contributed by atoms with E-state index in [1.165, 1.54) is 6.20 Å². The summed E-state index contributed by atoms with van der Waals surface area (Å²) in [4.78, 5) is 14.3. The van der Waals surface area contributed by atoms with Crippen molar-refractivity contribution >= 4 is 21.6 Å². The lowest BCUT2D eigenvalue weighted by Gasteiger charge is -2.32. The van der Waals surface area contributed by atoms with Crippen LogP contribution < -0.4 is 10.2 Å². The first-order valence-corrected chi connectivity index (χ1v) is 9.45. The van der Waals surface area contributed by atoms with E-state index < -0.39 is 27.3 Å². The summed E-state index contributed by atoms with van der Waals surface area (Å²) >= 11 is 5.59.